The number of fused-ring (bicyclic) bond motifs is 1. The van der Waals surface area contributed by atoms with Crippen LogP contribution in [0.5, 0.6) is 0 Å². The van der Waals surface area contributed by atoms with E-state index in [0.29, 0.717) is 30.1 Å². The number of aliphatic hydroxyl groups is 2. The van der Waals surface area contributed by atoms with Crippen LogP contribution in [0.1, 0.15) is 89.9 Å². The third-order valence-corrected chi connectivity index (χ3v) is 8.46. The normalized spacial score (nSPS) is 33.0. The van der Waals surface area contributed by atoms with E-state index in [0.717, 1.165) is 58.0 Å². The molecule has 5 atom stereocenters. The fraction of sp³-hybridized carbons (Fsp3) is 0.815. The zero-order valence-electron chi connectivity index (χ0n) is 19.3. The number of aliphatic hydroxyl groups excluding tert-OH is 2. The summed E-state index contributed by atoms with van der Waals surface area (Å²) in [7, 11) is 0. The zero-order chi connectivity index (χ0) is 21.6. The summed E-state index contributed by atoms with van der Waals surface area (Å²) in [5.74, 6) is 1.92. The molecule has 0 aromatic rings. The molecule has 1 amide bonds. The van der Waals surface area contributed by atoms with Crippen LogP contribution in [-0.2, 0) is 4.79 Å². The SMILES string of the molecule is O=C(CCCCC1=C[C@H]2C[C@@H](O)[C@H](C=C[C@@H](O)C3CCCCC3)[C@H]2C1)N1CCCCC1. The first kappa shape index (κ1) is 23.0. The molecule has 4 heteroatoms. The molecule has 174 valence electrons. The molecule has 1 saturated heterocycles. The molecular formula is C27H43NO3. The monoisotopic (exact) mass is 429 g/mol. The second-order valence-electron chi connectivity index (χ2n) is 10.7. The summed E-state index contributed by atoms with van der Waals surface area (Å²) in [6.45, 7) is 1.92. The van der Waals surface area contributed by atoms with Crippen LogP contribution in [0, 0.1) is 23.7 Å². The molecule has 1 aliphatic heterocycles. The van der Waals surface area contributed by atoms with Crippen molar-refractivity contribution in [3.05, 3.63) is 23.8 Å². The molecule has 3 aliphatic carbocycles. The smallest absolute Gasteiger partial charge is 0.222 e. The minimum absolute atomic E-state index is 0.178. The maximum absolute atomic E-state index is 12.3. The van der Waals surface area contributed by atoms with Gasteiger partial charge in [-0.05, 0) is 82.0 Å². The maximum Gasteiger partial charge on any atom is 0.222 e. The summed E-state index contributed by atoms with van der Waals surface area (Å²) in [5, 5.41) is 21.2. The predicted molar refractivity (Wildman–Crippen MR) is 124 cm³/mol. The highest BCUT2D eigenvalue weighted by molar-refractivity contribution is 5.76. The van der Waals surface area contributed by atoms with Gasteiger partial charge in [0.25, 0.3) is 0 Å². The van der Waals surface area contributed by atoms with Crippen LogP contribution in [-0.4, -0.2) is 46.3 Å². The van der Waals surface area contributed by atoms with Crippen LogP contribution in [0.4, 0.5) is 0 Å². The van der Waals surface area contributed by atoms with E-state index in [1.54, 1.807) is 0 Å². The number of hydrogen-bond donors (Lipinski definition) is 2. The van der Waals surface area contributed by atoms with Crippen LogP contribution in [0.15, 0.2) is 23.8 Å². The Balaban J connectivity index is 1.19. The fourth-order valence-electron chi connectivity index (χ4n) is 6.60. The van der Waals surface area contributed by atoms with Gasteiger partial charge in [-0.3, -0.25) is 4.79 Å². The Morgan fingerprint density at radius 2 is 1.84 bits per heavy atom. The molecule has 3 fully saturated rings. The average Bonchev–Trinajstić information content (AvgIpc) is 3.32. The van der Waals surface area contributed by atoms with E-state index < -0.39 is 0 Å². The minimum Gasteiger partial charge on any atom is -0.392 e. The van der Waals surface area contributed by atoms with E-state index in [1.807, 2.05) is 6.08 Å². The average molecular weight is 430 g/mol. The van der Waals surface area contributed by atoms with Gasteiger partial charge in [0.15, 0.2) is 0 Å². The number of amides is 1. The van der Waals surface area contributed by atoms with Crippen molar-refractivity contribution in [1.29, 1.82) is 0 Å². The molecule has 2 saturated carbocycles. The predicted octanol–water partition coefficient (Wildman–Crippen LogP) is 5.00. The van der Waals surface area contributed by atoms with Gasteiger partial charge in [0.05, 0.1) is 12.2 Å². The van der Waals surface area contributed by atoms with E-state index in [1.165, 1.54) is 44.1 Å². The van der Waals surface area contributed by atoms with Gasteiger partial charge in [0.2, 0.25) is 5.91 Å². The van der Waals surface area contributed by atoms with Gasteiger partial charge in [0.1, 0.15) is 0 Å². The van der Waals surface area contributed by atoms with Crippen molar-refractivity contribution in [2.24, 2.45) is 23.7 Å². The largest absolute Gasteiger partial charge is 0.392 e. The molecule has 0 aromatic heterocycles. The Morgan fingerprint density at radius 1 is 1.10 bits per heavy atom. The third-order valence-electron chi connectivity index (χ3n) is 8.46. The first-order valence-corrected chi connectivity index (χ1v) is 13.1. The molecular weight excluding hydrogens is 386 g/mol. The van der Waals surface area contributed by atoms with Crippen molar-refractivity contribution >= 4 is 5.91 Å². The molecule has 1 heterocycles. The van der Waals surface area contributed by atoms with Crippen molar-refractivity contribution in [2.45, 2.75) is 102 Å². The van der Waals surface area contributed by atoms with Gasteiger partial charge in [-0.1, -0.05) is 43.1 Å². The summed E-state index contributed by atoms with van der Waals surface area (Å²) in [6.07, 6.45) is 21.4. The van der Waals surface area contributed by atoms with Gasteiger partial charge in [0, 0.05) is 25.4 Å². The Labute approximate surface area is 188 Å². The number of hydrogen-bond acceptors (Lipinski definition) is 3. The lowest BCUT2D eigenvalue weighted by molar-refractivity contribution is -0.132. The lowest BCUT2D eigenvalue weighted by Crippen LogP contribution is -2.35. The number of carbonyl (C=O) groups is 1. The lowest BCUT2D eigenvalue weighted by Gasteiger charge is -2.26. The number of likely N-dealkylation sites (tertiary alicyclic amines) is 1. The van der Waals surface area contributed by atoms with E-state index >= 15 is 0 Å². The van der Waals surface area contributed by atoms with Crippen molar-refractivity contribution in [3.63, 3.8) is 0 Å². The topological polar surface area (TPSA) is 60.8 Å². The number of unbranched alkanes of at least 4 members (excludes halogenated alkanes) is 1. The number of piperidine rings is 1. The molecule has 0 bridgehead atoms. The van der Waals surface area contributed by atoms with Crippen LogP contribution >= 0.6 is 0 Å². The Morgan fingerprint density at radius 3 is 2.61 bits per heavy atom. The van der Waals surface area contributed by atoms with Crippen molar-refractivity contribution in [2.75, 3.05) is 13.1 Å². The molecule has 0 unspecified atom stereocenters. The van der Waals surface area contributed by atoms with Crippen molar-refractivity contribution < 1.29 is 15.0 Å². The summed E-state index contributed by atoms with van der Waals surface area (Å²) in [6, 6.07) is 0. The summed E-state index contributed by atoms with van der Waals surface area (Å²) >= 11 is 0. The maximum atomic E-state index is 12.3. The summed E-state index contributed by atoms with van der Waals surface area (Å²) in [4.78, 5) is 14.4. The van der Waals surface area contributed by atoms with Gasteiger partial charge >= 0.3 is 0 Å². The van der Waals surface area contributed by atoms with Gasteiger partial charge in [-0.15, -0.1) is 0 Å². The fourth-order valence-corrected chi connectivity index (χ4v) is 6.60. The van der Waals surface area contributed by atoms with Crippen LogP contribution in [0.2, 0.25) is 0 Å². The van der Waals surface area contributed by atoms with Crippen molar-refractivity contribution in [3.8, 4) is 0 Å². The highest BCUT2D eigenvalue weighted by Gasteiger charge is 2.43. The molecule has 4 rings (SSSR count). The number of nitrogens with zero attached hydrogens (tertiary/aromatic N) is 1. The summed E-state index contributed by atoms with van der Waals surface area (Å²) in [5.41, 5.74) is 1.53. The van der Waals surface area contributed by atoms with Crippen molar-refractivity contribution in [1.82, 2.24) is 4.90 Å². The Bertz CT molecular complexity index is 645. The first-order chi connectivity index (χ1) is 15.1. The lowest BCUT2D eigenvalue weighted by atomic mass is 9.83. The van der Waals surface area contributed by atoms with E-state index in [4.69, 9.17) is 0 Å². The van der Waals surface area contributed by atoms with E-state index in [-0.39, 0.29) is 18.1 Å². The molecule has 2 N–H and O–H groups in total. The number of rotatable bonds is 8. The zero-order valence-corrected chi connectivity index (χ0v) is 19.3. The van der Waals surface area contributed by atoms with Crippen LogP contribution < -0.4 is 0 Å². The Kier molecular flexibility index (Phi) is 8.28. The highest BCUT2D eigenvalue weighted by Crippen LogP contribution is 2.48. The first-order valence-electron chi connectivity index (χ1n) is 13.1. The third kappa shape index (κ3) is 6.01. The van der Waals surface area contributed by atoms with E-state index in [2.05, 4.69) is 17.1 Å². The molecule has 31 heavy (non-hydrogen) atoms. The van der Waals surface area contributed by atoms with Gasteiger partial charge in [-0.2, -0.15) is 0 Å². The minimum atomic E-state index is -0.349. The highest BCUT2D eigenvalue weighted by atomic mass is 16.3. The molecule has 0 radical (unpaired) electrons. The molecule has 4 nitrogen and oxygen atoms in total. The van der Waals surface area contributed by atoms with E-state index in [9.17, 15) is 15.0 Å². The quantitative estimate of drug-likeness (QED) is 0.422. The van der Waals surface area contributed by atoms with Crippen LogP contribution in [0.3, 0.4) is 0 Å². The number of allylic oxidation sites excluding steroid dienone is 2. The van der Waals surface area contributed by atoms with Crippen LogP contribution in [0.25, 0.3) is 0 Å². The Hall–Kier alpha value is -1.13. The standard InChI is InChI=1S/C27H43NO3/c29-25(21-10-3-1-4-11-21)14-13-23-24-18-20(17-22(24)19-26(23)30)9-5-6-12-27(31)28-15-7-2-8-16-28/h13-14,17,21-26,29-30H,1-12,15-16,18-19H2/t22-,23+,24-,25+,26+/m0/s1. The number of carbonyl (C=O) groups excluding carboxylic acids is 1. The molecule has 4 aliphatic rings. The molecule has 0 aromatic carbocycles. The molecule has 0 spiro atoms. The second-order valence-corrected chi connectivity index (χ2v) is 10.7. The second kappa shape index (κ2) is 11.1. The summed E-state index contributed by atoms with van der Waals surface area (Å²) < 4.78 is 0. The van der Waals surface area contributed by atoms with Gasteiger partial charge in [-0.25, -0.2) is 0 Å². The van der Waals surface area contributed by atoms with Gasteiger partial charge < -0.3 is 15.1 Å².